The summed E-state index contributed by atoms with van der Waals surface area (Å²) in [6.45, 7) is 1.34. The molecule has 2 aliphatic rings. The van der Waals surface area contributed by atoms with Crippen molar-refractivity contribution in [2.24, 2.45) is 18.9 Å². The van der Waals surface area contributed by atoms with Crippen LogP contribution in [0.15, 0.2) is 11.0 Å². The fraction of sp³-hybridized carbons (Fsp3) is 0.714. The maximum atomic E-state index is 12.3. The van der Waals surface area contributed by atoms with Gasteiger partial charge in [0, 0.05) is 19.6 Å². The molecular weight excluding hydrogens is 268 g/mol. The van der Waals surface area contributed by atoms with Crippen molar-refractivity contribution >= 4 is 11.0 Å². The molecule has 0 radical (unpaired) electrons. The number of aromatic nitrogens is 5. The predicted octanol–water partition coefficient (Wildman–Crippen LogP) is 0.303. The minimum Gasteiger partial charge on any atom is -0.312 e. The summed E-state index contributed by atoms with van der Waals surface area (Å²) in [5.74, 6) is 1.72. The third kappa shape index (κ3) is 2.46. The molecular formula is C14H20N6O. The Balaban J connectivity index is 1.44. The van der Waals surface area contributed by atoms with Gasteiger partial charge in [-0.1, -0.05) is 5.21 Å². The molecule has 0 unspecified atom stereocenters. The zero-order chi connectivity index (χ0) is 14.4. The molecule has 2 aromatic heterocycles. The fourth-order valence-electron chi connectivity index (χ4n) is 3.09. The van der Waals surface area contributed by atoms with Crippen LogP contribution in [0.25, 0.3) is 11.0 Å². The van der Waals surface area contributed by atoms with E-state index in [4.69, 9.17) is 0 Å². The highest BCUT2D eigenvalue weighted by Crippen LogP contribution is 2.44. The van der Waals surface area contributed by atoms with Crippen LogP contribution in [-0.2, 0) is 13.6 Å². The van der Waals surface area contributed by atoms with Crippen LogP contribution in [0, 0.1) is 11.8 Å². The molecule has 2 heterocycles. The summed E-state index contributed by atoms with van der Waals surface area (Å²) in [6.07, 6.45) is 6.99. The Hall–Kier alpha value is -1.76. The van der Waals surface area contributed by atoms with Crippen molar-refractivity contribution in [1.82, 2.24) is 30.1 Å². The van der Waals surface area contributed by atoms with Gasteiger partial charge in [0.05, 0.1) is 12.7 Å². The standard InChI is InChI=1S/C14H20N6O/c1-19-13-11(8-16-19)14(21)20(18-17-13)7-6-15-12(9-2-3-9)10-4-5-10/h8-10,12,15H,2-7H2,1H3. The van der Waals surface area contributed by atoms with Gasteiger partial charge in [0.25, 0.3) is 5.56 Å². The molecule has 0 atom stereocenters. The van der Waals surface area contributed by atoms with Crippen molar-refractivity contribution in [3.63, 3.8) is 0 Å². The second-order valence-corrected chi connectivity index (χ2v) is 6.28. The first-order valence-corrected chi connectivity index (χ1v) is 7.73. The van der Waals surface area contributed by atoms with Gasteiger partial charge in [-0.2, -0.15) is 5.10 Å². The lowest BCUT2D eigenvalue weighted by atomic mass is 10.1. The van der Waals surface area contributed by atoms with E-state index in [1.807, 2.05) is 0 Å². The summed E-state index contributed by atoms with van der Waals surface area (Å²) in [7, 11) is 1.76. The Bertz CT molecular complexity index is 700. The van der Waals surface area contributed by atoms with Gasteiger partial charge in [0.15, 0.2) is 5.65 Å². The van der Waals surface area contributed by atoms with Crippen LogP contribution in [0.4, 0.5) is 0 Å². The van der Waals surface area contributed by atoms with Crippen LogP contribution < -0.4 is 10.9 Å². The van der Waals surface area contributed by atoms with E-state index in [1.165, 1.54) is 30.4 Å². The van der Waals surface area contributed by atoms with Crippen molar-refractivity contribution in [3.8, 4) is 0 Å². The lowest BCUT2D eigenvalue weighted by Crippen LogP contribution is -2.37. The van der Waals surface area contributed by atoms with Crippen molar-refractivity contribution in [3.05, 3.63) is 16.6 Å². The summed E-state index contributed by atoms with van der Waals surface area (Å²) in [6, 6.07) is 0.649. The molecule has 4 rings (SSSR count). The quantitative estimate of drug-likeness (QED) is 0.827. The largest absolute Gasteiger partial charge is 0.312 e. The minimum atomic E-state index is -0.107. The Morgan fingerprint density at radius 2 is 2.05 bits per heavy atom. The molecule has 2 aliphatic carbocycles. The fourth-order valence-corrected chi connectivity index (χ4v) is 3.09. The number of nitrogens with one attached hydrogen (secondary N) is 1. The molecule has 0 amide bonds. The van der Waals surface area contributed by atoms with Crippen LogP contribution in [0.1, 0.15) is 25.7 Å². The van der Waals surface area contributed by atoms with Crippen molar-refractivity contribution in [2.75, 3.05) is 6.54 Å². The molecule has 2 fully saturated rings. The lowest BCUT2D eigenvalue weighted by Gasteiger charge is -2.17. The van der Waals surface area contributed by atoms with Crippen LogP contribution >= 0.6 is 0 Å². The molecule has 0 aromatic carbocycles. The molecule has 7 heteroatoms. The van der Waals surface area contributed by atoms with Crippen LogP contribution in [0.5, 0.6) is 0 Å². The Labute approximate surface area is 122 Å². The molecule has 1 N–H and O–H groups in total. The average Bonchev–Trinajstić information content (AvgIpc) is 3.38. The van der Waals surface area contributed by atoms with E-state index in [0.717, 1.165) is 18.4 Å². The number of nitrogens with zero attached hydrogens (tertiary/aromatic N) is 5. The van der Waals surface area contributed by atoms with E-state index in [-0.39, 0.29) is 5.56 Å². The van der Waals surface area contributed by atoms with E-state index in [0.29, 0.717) is 23.6 Å². The van der Waals surface area contributed by atoms with E-state index >= 15 is 0 Å². The summed E-state index contributed by atoms with van der Waals surface area (Å²) in [5.41, 5.74) is 0.433. The van der Waals surface area contributed by atoms with E-state index in [9.17, 15) is 4.79 Å². The van der Waals surface area contributed by atoms with Crippen LogP contribution in [0.2, 0.25) is 0 Å². The van der Waals surface area contributed by atoms with Crippen molar-refractivity contribution in [1.29, 1.82) is 0 Å². The van der Waals surface area contributed by atoms with Crippen LogP contribution in [0.3, 0.4) is 0 Å². The molecule has 112 valence electrons. The summed E-state index contributed by atoms with van der Waals surface area (Å²) < 4.78 is 3.01. The van der Waals surface area contributed by atoms with Gasteiger partial charge in [0.1, 0.15) is 5.39 Å². The highest BCUT2D eigenvalue weighted by atomic mass is 16.1. The van der Waals surface area contributed by atoms with Gasteiger partial charge in [-0.05, 0) is 37.5 Å². The smallest absolute Gasteiger partial charge is 0.280 e. The Morgan fingerprint density at radius 3 is 2.71 bits per heavy atom. The molecule has 2 aromatic rings. The Kier molecular flexibility index (Phi) is 3.02. The Morgan fingerprint density at radius 1 is 1.33 bits per heavy atom. The first kappa shape index (κ1) is 12.9. The highest BCUT2D eigenvalue weighted by molar-refractivity contribution is 5.72. The highest BCUT2D eigenvalue weighted by Gasteiger charge is 2.40. The minimum absolute atomic E-state index is 0.107. The zero-order valence-corrected chi connectivity index (χ0v) is 12.2. The van der Waals surface area contributed by atoms with Gasteiger partial charge in [-0.3, -0.25) is 4.79 Å². The number of fused-ring (bicyclic) bond motifs is 1. The molecule has 0 bridgehead atoms. The van der Waals surface area contributed by atoms with E-state index in [2.05, 4.69) is 20.7 Å². The molecule has 21 heavy (non-hydrogen) atoms. The maximum absolute atomic E-state index is 12.3. The summed E-state index contributed by atoms with van der Waals surface area (Å²) in [5, 5.41) is 16.3. The number of hydrogen-bond acceptors (Lipinski definition) is 5. The monoisotopic (exact) mass is 288 g/mol. The second kappa shape index (κ2) is 4.91. The molecule has 7 nitrogen and oxygen atoms in total. The normalized spacial score (nSPS) is 18.8. The zero-order valence-electron chi connectivity index (χ0n) is 12.2. The SMILES string of the molecule is Cn1ncc2c(=O)n(CCNC(C3CC3)C3CC3)nnc21. The first-order valence-electron chi connectivity index (χ1n) is 7.73. The van der Waals surface area contributed by atoms with Crippen LogP contribution in [-0.4, -0.2) is 37.4 Å². The number of hydrogen-bond donors (Lipinski definition) is 1. The van der Waals surface area contributed by atoms with Gasteiger partial charge in [-0.15, -0.1) is 5.10 Å². The summed E-state index contributed by atoms with van der Waals surface area (Å²) in [4.78, 5) is 12.3. The van der Waals surface area contributed by atoms with Crippen molar-refractivity contribution in [2.45, 2.75) is 38.3 Å². The molecule has 0 saturated heterocycles. The topological polar surface area (TPSA) is 77.6 Å². The molecule has 0 aliphatic heterocycles. The maximum Gasteiger partial charge on any atom is 0.280 e. The van der Waals surface area contributed by atoms with Gasteiger partial charge in [0.2, 0.25) is 0 Å². The van der Waals surface area contributed by atoms with Gasteiger partial charge < -0.3 is 5.32 Å². The van der Waals surface area contributed by atoms with E-state index < -0.39 is 0 Å². The predicted molar refractivity (Wildman–Crippen MR) is 77.8 cm³/mol. The average molecular weight is 288 g/mol. The third-order valence-electron chi connectivity index (χ3n) is 4.58. The third-order valence-corrected chi connectivity index (χ3v) is 4.58. The van der Waals surface area contributed by atoms with Gasteiger partial charge in [-0.25, -0.2) is 9.36 Å². The first-order chi connectivity index (χ1) is 10.2. The molecule has 2 saturated carbocycles. The van der Waals surface area contributed by atoms with Crippen molar-refractivity contribution < 1.29 is 0 Å². The number of aryl methyl sites for hydroxylation is 1. The molecule has 0 spiro atoms. The number of rotatable bonds is 6. The second-order valence-electron chi connectivity index (χ2n) is 6.28. The summed E-state index contributed by atoms with van der Waals surface area (Å²) >= 11 is 0. The van der Waals surface area contributed by atoms with Gasteiger partial charge >= 0.3 is 0 Å². The lowest BCUT2D eigenvalue weighted by molar-refractivity contribution is 0.394. The van der Waals surface area contributed by atoms with E-state index in [1.54, 1.807) is 17.9 Å².